The molecule has 5 nitrogen and oxygen atoms in total. The quantitative estimate of drug-likeness (QED) is 0.339. The Morgan fingerprint density at radius 3 is 2.66 bits per heavy atom. The summed E-state index contributed by atoms with van der Waals surface area (Å²) in [7, 11) is 1.72. The van der Waals surface area contributed by atoms with E-state index in [2.05, 4.69) is 42.3 Å². The molecule has 2 unspecified atom stereocenters. The van der Waals surface area contributed by atoms with Crippen LogP contribution in [0.15, 0.2) is 24.3 Å². The molecular formula is C33H48N2O3. The van der Waals surface area contributed by atoms with Crippen molar-refractivity contribution in [3.63, 3.8) is 0 Å². The van der Waals surface area contributed by atoms with Crippen LogP contribution in [0.25, 0.3) is 0 Å². The maximum Gasteiger partial charge on any atom is 0.166 e. The Kier molecular flexibility index (Phi) is 6.00. The summed E-state index contributed by atoms with van der Waals surface area (Å²) in [6.45, 7) is 9.52. The normalized spacial score (nSPS) is 42.5. The van der Waals surface area contributed by atoms with Gasteiger partial charge >= 0.3 is 0 Å². The third-order valence-electron chi connectivity index (χ3n) is 11.3. The molecule has 0 radical (unpaired) electrons. The number of aliphatic hydroxyl groups is 1. The monoisotopic (exact) mass is 520 g/mol. The van der Waals surface area contributed by atoms with Crippen LogP contribution < -0.4 is 14.8 Å². The Balaban J connectivity index is 0.956. The molecule has 8 rings (SSSR count). The van der Waals surface area contributed by atoms with Gasteiger partial charge in [-0.3, -0.25) is 4.90 Å². The fourth-order valence-electron chi connectivity index (χ4n) is 10.8. The molecule has 38 heavy (non-hydrogen) atoms. The molecule has 1 aromatic carbocycles. The van der Waals surface area contributed by atoms with Crippen LogP contribution in [-0.2, 0) is 12.0 Å². The first-order valence-electron chi connectivity index (χ1n) is 15.4. The lowest BCUT2D eigenvalue weighted by Gasteiger charge is -2.65. The highest BCUT2D eigenvalue weighted by atomic mass is 16.5. The summed E-state index contributed by atoms with van der Waals surface area (Å²) < 4.78 is 12.2. The van der Waals surface area contributed by atoms with Crippen molar-refractivity contribution in [3.8, 4) is 11.5 Å². The van der Waals surface area contributed by atoms with Crippen molar-refractivity contribution in [1.82, 2.24) is 10.2 Å². The molecular weight excluding hydrogens is 472 g/mol. The number of rotatable bonds is 8. The van der Waals surface area contributed by atoms with E-state index in [4.69, 9.17) is 9.47 Å². The fourth-order valence-corrected chi connectivity index (χ4v) is 10.8. The minimum absolute atomic E-state index is 0.00678. The summed E-state index contributed by atoms with van der Waals surface area (Å²) in [5.41, 5.74) is 4.15. The van der Waals surface area contributed by atoms with Gasteiger partial charge in [0.15, 0.2) is 11.5 Å². The zero-order valence-electron chi connectivity index (χ0n) is 23.9. The molecule has 4 bridgehead atoms. The lowest BCUT2D eigenvalue weighted by atomic mass is 9.43. The topological polar surface area (TPSA) is 54.0 Å². The number of aliphatic hydroxyl groups excluding tert-OH is 1. The van der Waals surface area contributed by atoms with Gasteiger partial charge in [-0.25, -0.2) is 0 Å². The molecule has 1 spiro atoms. The molecule has 0 saturated heterocycles. The predicted octanol–water partition coefficient (Wildman–Crippen LogP) is 5.73. The summed E-state index contributed by atoms with van der Waals surface area (Å²) >= 11 is 0. The van der Waals surface area contributed by atoms with Gasteiger partial charge in [0.05, 0.1) is 18.6 Å². The summed E-state index contributed by atoms with van der Waals surface area (Å²) in [5, 5.41) is 14.5. The summed E-state index contributed by atoms with van der Waals surface area (Å²) in [4.78, 5) is 2.65. The summed E-state index contributed by atoms with van der Waals surface area (Å²) in [5.74, 6) is 2.69. The predicted molar refractivity (Wildman–Crippen MR) is 151 cm³/mol. The van der Waals surface area contributed by atoms with Crippen LogP contribution in [0.2, 0.25) is 0 Å². The van der Waals surface area contributed by atoms with Crippen LogP contribution in [0.4, 0.5) is 0 Å². The number of ether oxygens (including phenoxy) is 2. The second kappa shape index (κ2) is 8.97. The largest absolute Gasteiger partial charge is 0.493 e. The molecule has 7 atom stereocenters. The number of hydrogen-bond donors (Lipinski definition) is 2. The average molecular weight is 521 g/mol. The Bertz CT molecular complexity index is 1100. The van der Waals surface area contributed by atoms with Gasteiger partial charge in [-0.2, -0.15) is 0 Å². The van der Waals surface area contributed by atoms with Crippen molar-refractivity contribution in [1.29, 1.82) is 0 Å². The highest BCUT2D eigenvalue weighted by molar-refractivity contribution is 5.61. The second-order valence-corrected chi connectivity index (χ2v) is 14.9. The molecule has 2 N–H and O–H groups in total. The van der Waals surface area contributed by atoms with Gasteiger partial charge in [-0.15, -0.1) is 0 Å². The van der Waals surface area contributed by atoms with E-state index in [-0.39, 0.29) is 11.5 Å². The third kappa shape index (κ3) is 4.14. The molecule has 208 valence electrons. The van der Waals surface area contributed by atoms with Crippen LogP contribution in [-0.4, -0.2) is 54.5 Å². The molecule has 5 aliphatic carbocycles. The minimum atomic E-state index is -0.425. The standard InChI is InChI=1S/C33H48N2O3/c1-30-16-23-17-31(2,20-30)22-32(18-23,21-30)34-12-5-4-6-13-35-14-11-33-10-9-25(36)15-27(33)38-29-26(37-3)8-7-24(19-35)28(29)33/h7-10,23,25,27,34,36H,4-6,11-22H2,1-3H3/t23?,25-,27-,30-,31+,32?,33-/m0/s1. The Morgan fingerprint density at radius 1 is 1.08 bits per heavy atom. The highest BCUT2D eigenvalue weighted by Crippen LogP contribution is 2.66. The van der Waals surface area contributed by atoms with E-state index in [0.717, 1.165) is 43.5 Å². The first-order chi connectivity index (χ1) is 18.2. The fraction of sp³-hybridized carbons (Fsp3) is 0.758. The number of methoxy groups -OCH3 is 1. The van der Waals surface area contributed by atoms with Crippen molar-refractivity contribution >= 4 is 0 Å². The third-order valence-corrected chi connectivity index (χ3v) is 11.3. The molecule has 0 aromatic heterocycles. The smallest absolute Gasteiger partial charge is 0.166 e. The van der Waals surface area contributed by atoms with Gasteiger partial charge in [0, 0.05) is 24.1 Å². The molecule has 2 heterocycles. The van der Waals surface area contributed by atoms with Crippen molar-refractivity contribution < 1.29 is 14.6 Å². The van der Waals surface area contributed by atoms with Gasteiger partial charge in [-0.1, -0.05) is 38.5 Å². The highest BCUT2D eigenvalue weighted by Gasteiger charge is 2.59. The van der Waals surface area contributed by atoms with E-state index in [9.17, 15) is 5.11 Å². The Morgan fingerprint density at radius 2 is 1.89 bits per heavy atom. The van der Waals surface area contributed by atoms with E-state index in [1.54, 1.807) is 7.11 Å². The maximum atomic E-state index is 10.3. The number of nitrogens with zero attached hydrogens (tertiary/aromatic N) is 1. The van der Waals surface area contributed by atoms with Crippen LogP contribution in [0.5, 0.6) is 11.5 Å². The van der Waals surface area contributed by atoms with Gasteiger partial charge in [0.2, 0.25) is 0 Å². The zero-order chi connectivity index (χ0) is 26.2. The van der Waals surface area contributed by atoms with E-state index in [1.807, 2.05) is 6.08 Å². The van der Waals surface area contributed by atoms with E-state index >= 15 is 0 Å². The van der Waals surface area contributed by atoms with E-state index in [1.165, 1.54) is 75.5 Å². The molecule has 7 aliphatic rings. The minimum Gasteiger partial charge on any atom is -0.493 e. The summed E-state index contributed by atoms with van der Waals surface area (Å²) in [6.07, 6.45) is 18.0. The van der Waals surface area contributed by atoms with Crippen molar-refractivity contribution in [2.24, 2.45) is 16.7 Å². The van der Waals surface area contributed by atoms with Crippen LogP contribution >= 0.6 is 0 Å². The van der Waals surface area contributed by atoms with Gasteiger partial charge in [0.25, 0.3) is 0 Å². The average Bonchev–Trinajstić information content (AvgIpc) is 3.07. The molecule has 5 heteroatoms. The molecule has 4 fully saturated rings. The number of benzene rings is 1. The lowest BCUT2D eigenvalue weighted by molar-refractivity contribution is -0.117. The Labute approximate surface area is 229 Å². The van der Waals surface area contributed by atoms with Crippen molar-refractivity contribution in [2.75, 3.05) is 26.7 Å². The maximum absolute atomic E-state index is 10.3. The summed E-state index contributed by atoms with van der Waals surface area (Å²) in [6, 6.07) is 4.32. The number of nitrogens with one attached hydrogen (secondary N) is 1. The van der Waals surface area contributed by atoms with Gasteiger partial charge < -0.3 is 19.9 Å². The SMILES string of the molecule is COc1ccc2c3c1O[C@H]1C[C@@H](O)C=C[C@@]31CCN(CCCCCNC13CC4C[C@@](C)(C1)C[C@](C)(C4)C3)C2. The van der Waals surface area contributed by atoms with Gasteiger partial charge in [0.1, 0.15) is 6.10 Å². The van der Waals surface area contributed by atoms with Crippen LogP contribution in [0.3, 0.4) is 0 Å². The lowest BCUT2D eigenvalue weighted by Crippen LogP contribution is -2.64. The van der Waals surface area contributed by atoms with Crippen molar-refractivity contribution in [3.05, 3.63) is 35.4 Å². The van der Waals surface area contributed by atoms with E-state index in [0.29, 0.717) is 22.8 Å². The van der Waals surface area contributed by atoms with Crippen molar-refractivity contribution in [2.45, 2.75) is 114 Å². The van der Waals surface area contributed by atoms with Gasteiger partial charge in [-0.05, 0) is 106 Å². The Hall–Kier alpha value is -1.56. The van der Waals surface area contributed by atoms with Crippen LogP contribution in [0, 0.1) is 16.7 Å². The van der Waals surface area contributed by atoms with Crippen LogP contribution in [0.1, 0.15) is 95.6 Å². The number of hydrogen-bond acceptors (Lipinski definition) is 5. The molecule has 2 aliphatic heterocycles. The second-order valence-electron chi connectivity index (χ2n) is 14.9. The molecule has 4 saturated carbocycles. The first kappa shape index (κ1) is 25.4. The first-order valence-corrected chi connectivity index (χ1v) is 15.4. The zero-order valence-corrected chi connectivity index (χ0v) is 23.9. The molecule has 0 amide bonds. The van der Waals surface area contributed by atoms with E-state index < -0.39 is 6.10 Å². The molecule has 1 aromatic rings. The number of unbranched alkanes of at least 4 members (excludes halogenated alkanes) is 2.